The van der Waals surface area contributed by atoms with E-state index in [4.69, 9.17) is 10.5 Å². The number of benzene rings is 1. The maximum atomic E-state index is 5.68. The zero-order valence-electron chi connectivity index (χ0n) is 7.71. The van der Waals surface area contributed by atoms with Gasteiger partial charge in [0.25, 0.3) is 0 Å². The molecule has 0 saturated carbocycles. The highest BCUT2D eigenvalue weighted by molar-refractivity contribution is 5.51. The Labute approximate surface area is 77.9 Å². The van der Waals surface area contributed by atoms with Gasteiger partial charge in [-0.15, -0.1) is 0 Å². The smallest absolute Gasteiger partial charge is 0.148 e. The maximum absolute atomic E-state index is 5.68. The van der Waals surface area contributed by atoms with Gasteiger partial charge < -0.3 is 10.1 Å². The number of ether oxygens (including phenoxy) is 1. The molecule has 0 radical (unpaired) electrons. The quantitative estimate of drug-likeness (QED) is 0.682. The van der Waals surface area contributed by atoms with Gasteiger partial charge in [-0.3, -0.25) is 5.73 Å². The van der Waals surface area contributed by atoms with Crippen LogP contribution in [0.4, 0.5) is 5.69 Å². The number of rotatable bonds is 1. The standard InChI is InChI=1S/C10H14N2O/c1-12-8-3-4-9-7(6-8)2-5-10(11)13-9/h3-4,6,10,12H,2,5,11H2,1H3. The first-order valence-electron chi connectivity index (χ1n) is 4.52. The van der Waals surface area contributed by atoms with E-state index in [1.165, 1.54) is 5.56 Å². The zero-order chi connectivity index (χ0) is 9.26. The van der Waals surface area contributed by atoms with Crippen LogP contribution in [-0.2, 0) is 6.42 Å². The van der Waals surface area contributed by atoms with Crippen LogP contribution in [0.3, 0.4) is 0 Å². The van der Waals surface area contributed by atoms with Crippen LogP contribution in [0.1, 0.15) is 12.0 Å². The van der Waals surface area contributed by atoms with E-state index >= 15 is 0 Å². The largest absolute Gasteiger partial charge is 0.475 e. The van der Waals surface area contributed by atoms with Crippen LogP contribution in [-0.4, -0.2) is 13.3 Å². The van der Waals surface area contributed by atoms with Crippen molar-refractivity contribution in [1.29, 1.82) is 0 Å². The predicted molar refractivity (Wildman–Crippen MR) is 52.9 cm³/mol. The summed E-state index contributed by atoms with van der Waals surface area (Å²) in [5.74, 6) is 0.928. The van der Waals surface area contributed by atoms with Gasteiger partial charge in [-0.2, -0.15) is 0 Å². The van der Waals surface area contributed by atoms with Crippen LogP contribution in [0.25, 0.3) is 0 Å². The number of nitrogens with one attached hydrogen (secondary N) is 1. The minimum Gasteiger partial charge on any atom is -0.475 e. The summed E-state index contributed by atoms with van der Waals surface area (Å²) in [6.45, 7) is 0. The summed E-state index contributed by atoms with van der Waals surface area (Å²) in [5, 5.41) is 3.10. The molecule has 1 aromatic carbocycles. The summed E-state index contributed by atoms with van der Waals surface area (Å²) in [6.07, 6.45) is 1.78. The molecule has 1 aliphatic rings. The van der Waals surface area contributed by atoms with E-state index in [-0.39, 0.29) is 6.23 Å². The Hall–Kier alpha value is -1.22. The van der Waals surface area contributed by atoms with Crippen molar-refractivity contribution in [2.45, 2.75) is 19.1 Å². The second-order valence-electron chi connectivity index (χ2n) is 3.27. The molecular weight excluding hydrogens is 164 g/mol. The van der Waals surface area contributed by atoms with Crippen molar-refractivity contribution < 1.29 is 4.74 Å². The minimum absolute atomic E-state index is 0.132. The first kappa shape index (κ1) is 8.38. The molecular formula is C10H14N2O. The summed E-state index contributed by atoms with van der Waals surface area (Å²) in [7, 11) is 1.91. The molecule has 1 atom stereocenters. The molecule has 0 aliphatic carbocycles. The summed E-state index contributed by atoms with van der Waals surface area (Å²) in [6, 6.07) is 6.08. The summed E-state index contributed by atoms with van der Waals surface area (Å²) < 4.78 is 5.48. The van der Waals surface area contributed by atoms with E-state index in [1.54, 1.807) is 0 Å². The topological polar surface area (TPSA) is 47.3 Å². The third-order valence-corrected chi connectivity index (χ3v) is 2.33. The van der Waals surface area contributed by atoms with Gasteiger partial charge in [0.05, 0.1) is 0 Å². The molecule has 1 heterocycles. The SMILES string of the molecule is CNc1ccc2c(c1)CCC(N)O2. The Morgan fingerprint density at radius 2 is 2.38 bits per heavy atom. The first-order valence-corrected chi connectivity index (χ1v) is 4.52. The molecule has 3 nitrogen and oxygen atoms in total. The minimum atomic E-state index is -0.132. The van der Waals surface area contributed by atoms with Gasteiger partial charge in [0.2, 0.25) is 0 Å². The molecule has 0 spiro atoms. The van der Waals surface area contributed by atoms with Gasteiger partial charge in [0, 0.05) is 19.2 Å². The van der Waals surface area contributed by atoms with E-state index in [9.17, 15) is 0 Å². The molecule has 0 fully saturated rings. The molecule has 3 heteroatoms. The highest BCUT2D eigenvalue weighted by Gasteiger charge is 2.15. The lowest BCUT2D eigenvalue weighted by atomic mass is 10.0. The van der Waals surface area contributed by atoms with Gasteiger partial charge in [-0.25, -0.2) is 0 Å². The van der Waals surface area contributed by atoms with Gasteiger partial charge in [0.1, 0.15) is 12.0 Å². The predicted octanol–water partition coefficient (Wildman–Crippen LogP) is 1.34. The molecule has 1 aliphatic heterocycles. The van der Waals surface area contributed by atoms with Gasteiger partial charge in [-0.1, -0.05) is 0 Å². The zero-order valence-corrected chi connectivity index (χ0v) is 7.71. The molecule has 0 amide bonds. The molecule has 2 rings (SSSR count). The van der Waals surface area contributed by atoms with Crippen LogP contribution in [0.5, 0.6) is 5.75 Å². The highest BCUT2D eigenvalue weighted by atomic mass is 16.5. The van der Waals surface area contributed by atoms with Crippen molar-refractivity contribution in [2.75, 3.05) is 12.4 Å². The third kappa shape index (κ3) is 1.60. The molecule has 70 valence electrons. The van der Waals surface area contributed by atoms with Crippen molar-refractivity contribution in [3.8, 4) is 5.75 Å². The Balaban J connectivity index is 2.31. The maximum Gasteiger partial charge on any atom is 0.148 e. The normalized spacial score (nSPS) is 20.3. The highest BCUT2D eigenvalue weighted by Crippen LogP contribution is 2.28. The Morgan fingerprint density at radius 1 is 1.54 bits per heavy atom. The van der Waals surface area contributed by atoms with E-state index < -0.39 is 0 Å². The monoisotopic (exact) mass is 178 g/mol. The number of anilines is 1. The van der Waals surface area contributed by atoms with Crippen molar-refractivity contribution in [2.24, 2.45) is 5.73 Å². The van der Waals surface area contributed by atoms with E-state index in [0.717, 1.165) is 24.3 Å². The molecule has 0 aromatic heterocycles. The Morgan fingerprint density at radius 3 is 3.15 bits per heavy atom. The molecule has 1 aromatic rings. The second kappa shape index (κ2) is 3.26. The third-order valence-electron chi connectivity index (χ3n) is 2.33. The fourth-order valence-electron chi connectivity index (χ4n) is 1.57. The van der Waals surface area contributed by atoms with E-state index in [0.29, 0.717) is 0 Å². The van der Waals surface area contributed by atoms with Crippen molar-refractivity contribution in [3.63, 3.8) is 0 Å². The number of nitrogens with two attached hydrogens (primary N) is 1. The lowest BCUT2D eigenvalue weighted by molar-refractivity contribution is 0.181. The Bertz CT molecular complexity index is 312. The van der Waals surface area contributed by atoms with Gasteiger partial charge in [0.15, 0.2) is 0 Å². The number of hydrogen-bond donors (Lipinski definition) is 2. The van der Waals surface area contributed by atoms with Crippen LogP contribution in [0, 0.1) is 0 Å². The molecule has 0 bridgehead atoms. The average Bonchev–Trinajstić information content (AvgIpc) is 2.17. The van der Waals surface area contributed by atoms with Crippen LogP contribution < -0.4 is 15.8 Å². The molecule has 13 heavy (non-hydrogen) atoms. The van der Waals surface area contributed by atoms with Crippen LogP contribution in [0.2, 0.25) is 0 Å². The Kier molecular flexibility index (Phi) is 2.10. The lowest BCUT2D eigenvalue weighted by Gasteiger charge is -2.23. The number of aryl methyl sites for hydroxylation is 1. The summed E-state index contributed by atoms with van der Waals surface area (Å²) in [4.78, 5) is 0. The fourth-order valence-corrected chi connectivity index (χ4v) is 1.57. The molecule has 3 N–H and O–H groups in total. The molecule has 1 unspecified atom stereocenters. The van der Waals surface area contributed by atoms with E-state index in [2.05, 4.69) is 11.4 Å². The first-order chi connectivity index (χ1) is 6.29. The number of hydrogen-bond acceptors (Lipinski definition) is 3. The van der Waals surface area contributed by atoms with Crippen molar-refractivity contribution >= 4 is 5.69 Å². The van der Waals surface area contributed by atoms with Gasteiger partial charge >= 0.3 is 0 Å². The summed E-state index contributed by atoms with van der Waals surface area (Å²) >= 11 is 0. The molecule has 0 saturated heterocycles. The van der Waals surface area contributed by atoms with Crippen molar-refractivity contribution in [1.82, 2.24) is 0 Å². The van der Waals surface area contributed by atoms with Gasteiger partial charge in [-0.05, 0) is 30.2 Å². The van der Waals surface area contributed by atoms with Crippen LogP contribution in [0.15, 0.2) is 18.2 Å². The fraction of sp³-hybridized carbons (Fsp3) is 0.400. The number of fused-ring (bicyclic) bond motifs is 1. The van der Waals surface area contributed by atoms with Crippen LogP contribution >= 0.6 is 0 Å². The lowest BCUT2D eigenvalue weighted by Crippen LogP contribution is -2.31. The van der Waals surface area contributed by atoms with Crippen molar-refractivity contribution in [3.05, 3.63) is 23.8 Å². The average molecular weight is 178 g/mol. The van der Waals surface area contributed by atoms with E-state index in [1.807, 2.05) is 19.2 Å². The second-order valence-corrected chi connectivity index (χ2v) is 3.27. The summed E-state index contributed by atoms with van der Waals surface area (Å²) in [5.41, 5.74) is 8.05.